The fourth-order valence-electron chi connectivity index (χ4n) is 3.82. The smallest absolute Gasteiger partial charge is 0.216 e. The molecule has 3 aromatic rings. The molecule has 0 aliphatic carbocycles. The van der Waals surface area contributed by atoms with Crippen LogP contribution in [0, 0.1) is 4.77 Å². The maximum atomic E-state index is 5.47. The van der Waals surface area contributed by atoms with Crippen LogP contribution in [0.2, 0.25) is 0 Å². The van der Waals surface area contributed by atoms with Gasteiger partial charge in [0.2, 0.25) is 4.77 Å². The van der Waals surface area contributed by atoms with Gasteiger partial charge in [0, 0.05) is 30.5 Å². The number of piperidine rings is 1. The van der Waals surface area contributed by atoms with Crippen LogP contribution in [0.3, 0.4) is 0 Å². The van der Waals surface area contributed by atoms with E-state index in [1.54, 1.807) is 20.5 Å². The fourth-order valence-corrected chi connectivity index (χ4v) is 4.11. The molecule has 9 heteroatoms. The van der Waals surface area contributed by atoms with Gasteiger partial charge in [-0.05, 0) is 31.1 Å². The molecular weight excluding hydrogens is 388 g/mol. The summed E-state index contributed by atoms with van der Waals surface area (Å²) in [6, 6.07) is 4.17. The molecule has 8 nitrogen and oxygen atoms in total. The van der Waals surface area contributed by atoms with Gasteiger partial charge in [-0.2, -0.15) is 0 Å². The van der Waals surface area contributed by atoms with Crippen molar-refractivity contribution in [2.24, 2.45) is 0 Å². The predicted molar refractivity (Wildman–Crippen MR) is 115 cm³/mol. The Hall–Kier alpha value is -2.68. The second-order valence-corrected chi connectivity index (χ2v) is 7.92. The van der Waals surface area contributed by atoms with Gasteiger partial charge in [0.1, 0.15) is 18.0 Å². The molecule has 0 atom stereocenters. The van der Waals surface area contributed by atoms with Crippen molar-refractivity contribution in [1.82, 2.24) is 24.7 Å². The number of nitrogens with zero attached hydrogens (tertiary/aromatic N) is 5. The summed E-state index contributed by atoms with van der Waals surface area (Å²) in [4.78, 5) is 15.8. The van der Waals surface area contributed by atoms with E-state index in [0.717, 1.165) is 48.5 Å². The molecule has 1 aliphatic heterocycles. The number of ether oxygens (including phenoxy) is 2. The molecule has 29 heavy (non-hydrogen) atoms. The third-order valence-corrected chi connectivity index (χ3v) is 5.74. The number of H-pyrrole nitrogens is 1. The highest BCUT2D eigenvalue weighted by Crippen LogP contribution is 2.36. The molecule has 2 aromatic heterocycles. The molecule has 4 rings (SSSR count). The Morgan fingerprint density at radius 2 is 1.79 bits per heavy atom. The third kappa shape index (κ3) is 3.66. The van der Waals surface area contributed by atoms with Crippen LogP contribution in [0.5, 0.6) is 11.5 Å². The van der Waals surface area contributed by atoms with Crippen molar-refractivity contribution in [2.45, 2.75) is 38.6 Å². The van der Waals surface area contributed by atoms with Crippen LogP contribution in [0.25, 0.3) is 10.9 Å². The van der Waals surface area contributed by atoms with E-state index in [4.69, 9.17) is 21.7 Å². The molecule has 154 valence electrons. The molecule has 3 heterocycles. The zero-order valence-electron chi connectivity index (χ0n) is 17.2. The summed E-state index contributed by atoms with van der Waals surface area (Å²) >= 11 is 5.47. The van der Waals surface area contributed by atoms with Gasteiger partial charge < -0.3 is 14.4 Å². The van der Waals surface area contributed by atoms with Crippen LogP contribution in [0.4, 0.5) is 5.82 Å². The number of aromatic nitrogens is 5. The Morgan fingerprint density at radius 3 is 2.41 bits per heavy atom. The van der Waals surface area contributed by atoms with Crippen molar-refractivity contribution in [1.29, 1.82) is 0 Å². The summed E-state index contributed by atoms with van der Waals surface area (Å²) in [7, 11) is 3.26. The maximum absolute atomic E-state index is 5.47. The Balaban J connectivity index is 1.59. The van der Waals surface area contributed by atoms with Crippen molar-refractivity contribution in [3.63, 3.8) is 0 Å². The summed E-state index contributed by atoms with van der Waals surface area (Å²) in [5.74, 6) is 3.54. The van der Waals surface area contributed by atoms with Gasteiger partial charge in [-0.3, -0.25) is 9.78 Å². The number of fused-ring (bicyclic) bond motifs is 1. The van der Waals surface area contributed by atoms with Crippen molar-refractivity contribution in [2.75, 3.05) is 32.2 Å². The summed E-state index contributed by atoms with van der Waals surface area (Å²) in [5.41, 5.74) is 0.840. The zero-order valence-corrected chi connectivity index (χ0v) is 18.0. The van der Waals surface area contributed by atoms with Crippen molar-refractivity contribution >= 4 is 28.9 Å². The number of rotatable bonds is 5. The highest BCUT2D eigenvalue weighted by Gasteiger charge is 2.25. The third-order valence-electron chi connectivity index (χ3n) is 5.45. The number of aromatic amines is 1. The van der Waals surface area contributed by atoms with E-state index in [-0.39, 0.29) is 0 Å². The Kier molecular flexibility index (Phi) is 5.40. The lowest BCUT2D eigenvalue weighted by Crippen LogP contribution is -2.35. The van der Waals surface area contributed by atoms with Gasteiger partial charge in [0.15, 0.2) is 11.5 Å². The molecule has 0 saturated carbocycles. The molecule has 0 spiro atoms. The zero-order chi connectivity index (χ0) is 20.5. The molecule has 1 aliphatic rings. The molecule has 1 N–H and O–H groups in total. The minimum Gasteiger partial charge on any atom is -0.493 e. The minimum absolute atomic E-state index is 0.321. The molecule has 1 aromatic carbocycles. The molecule has 1 saturated heterocycles. The number of anilines is 1. The lowest BCUT2D eigenvalue weighted by Gasteiger charge is -2.33. The normalized spacial score (nSPS) is 15.3. The molecule has 0 unspecified atom stereocenters. The van der Waals surface area contributed by atoms with Crippen LogP contribution in [-0.4, -0.2) is 52.0 Å². The topological polar surface area (TPSA) is 81.1 Å². The highest BCUT2D eigenvalue weighted by atomic mass is 32.1. The monoisotopic (exact) mass is 414 g/mol. The first-order valence-electron chi connectivity index (χ1n) is 9.82. The summed E-state index contributed by atoms with van der Waals surface area (Å²) in [5, 5.41) is 4.35. The minimum atomic E-state index is 0.321. The number of benzene rings is 1. The van der Waals surface area contributed by atoms with Crippen molar-refractivity contribution < 1.29 is 9.47 Å². The first kappa shape index (κ1) is 19.6. The van der Waals surface area contributed by atoms with Gasteiger partial charge in [-0.15, -0.1) is 0 Å². The average molecular weight is 415 g/mol. The van der Waals surface area contributed by atoms with Gasteiger partial charge in [0.25, 0.3) is 0 Å². The standard InChI is InChI=1S/C20H26N6O2S/c1-12(2)18-23-20(29)26(24-18)13-5-7-25(8-6-13)19-14-9-16(27-3)17(28-4)10-15(14)21-11-22-19/h9-13H,5-8H2,1-4H3,(H,23,24,29). The van der Waals surface area contributed by atoms with E-state index in [0.29, 0.717) is 28.2 Å². The number of hydrogen-bond acceptors (Lipinski definition) is 7. The lowest BCUT2D eigenvalue weighted by atomic mass is 10.0. The molecule has 0 amide bonds. The first-order chi connectivity index (χ1) is 14.0. The highest BCUT2D eigenvalue weighted by molar-refractivity contribution is 7.71. The fraction of sp³-hybridized carbons (Fsp3) is 0.500. The van der Waals surface area contributed by atoms with Gasteiger partial charge in [-0.25, -0.2) is 15.0 Å². The van der Waals surface area contributed by atoms with E-state index in [2.05, 4.69) is 38.8 Å². The predicted octanol–water partition coefficient (Wildman–Crippen LogP) is 3.87. The number of nitrogens with one attached hydrogen (secondary N) is 1. The Labute approximate surface area is 174 Å². The SMILES string of the molecule is COc1cc2ncnc(N3CCC(n4[nH]c(C(C)C)nc4=S)CC3)c2cc1OC. The molecule has 0 radical (unpaired) electrons. The van der Waals surface area contributed by atoms with Crippen LogP contribution < -0.4 is 14.4 Å². The average Bonchev–Trinajstić information content (AvgIpc) is 3.14. The maximum Gasteiger partial charge on any atom is 0.216 e. The van der Waals surface area contributed by atoms with Crippen LogP contribution in [0.15, 0.2) is 18.5 Å². The number of hydrogen-bond donors (Lipinski definition) is 1. The van der Waals surface area contributed by atoms with Crippen LogP contribution in [0.1, 0.15) is 44.5 Å². The second kappa shape index (κ2) is 7.98. The Morgan fingerprint density at radius 1 is 1.10 bits per heavy atom. The Bertz CT molecular complexity index is 1070. The lowest BCUT2D eigenvalue weighted by molar-refractivity contribution is 0.355. The van der Waals surface area contributed by atoms with Crippen molar-refractivity contribution in [3.8, 4) is 11.5 Å². The summed E-state index contributed by atoms with van der Waals surface area (Å²) < 4.78 is 13.6. The van der Waals surface area contributed by atoms with Gasteiger partial charge in [0.05, 0.1) is 25.8 Å². The van der Waals surface area contributed by atoms with E-state index >= 15 is 0 Å². The largest absolute Gasteiger partial charge is 0.493 e. The van der Waals surface area contributed by atoms with Crippen molar-refractivity contribution in [3.05, 3.63) is 29.1 Å². The van der Waals surface area contributed by atoms with E-state index in [9.17, 15) is 0 Å². The van der Waals surface area contributed by atoms with Crippen LogP contribution >= 0.6 is 12.2 Å². The van der Waals surface area contributed by atoms with Crippen LogP contribution in [-0.2, 0) is 0 Å². The summed E-state index contributed by atoms with van der Waals surface area (Å²) in [6.07, 6.45) is 3.54. The van der Waals surface area contributed by atoms with E-state index in [1.165, 1.54) is 0 Å². The molecule has 1 fully saturated rings. The van der Waals surface area contributed by atoms with E-state index < -0.39 is 0 Å². The van der Waals surface area contributed by atoms with Gasteiger partial charge in [-0.1, -0.05) is 13.8 Å². The first-order valence-corrected chi connectivity index (χ1v) is 10.2. The van der Waals surface area contributed by atoms with E-state index in [1.807, 2.05) is 16.8 Å². The summed E-state index contributed by atoms with van der Waals surface area (Å²) in [6.45, 7) is 5.99. The molecule has 0 bridgehead atoms. The quantitative estimate of drug-likeness (QED) is 0.635. The number of methoxy groups -OCH3 is 2. The second-order valence-electron chi connectivity index (χ2n) is 7.56. The molecular formula is C20H26N6O2S. The van der Waals surface area contributed by atoms with Gasteiger partial charge >= 0.3 is 0 Å².